The van der Waals surface area contributed by atoms with Crippen LogP contribution in [0.2, 0.25) is 0 Å². The summed E-state index contributed by atoms with van der Waals surface area (Å²) < 4.78 is 31.5. The van der Waals surface area contributed by atoms with Gasteiger partial charge >= 0.3 is 5.97 Å². The zero-order valence-corrected chi connectivity index (χ0v) is 13.0. The van der Waals surface area contributed by atoms with E-state index >= 15 is 0 Å². The van der Waals surface area contributed by atoms with Gasteiger partial charge < -0.3 is 9.84 Å². The Hall–Kier alpha value is -1.25. The van der Waals surface area contributed by atoms with Crippen molar-refractivity contribution in [3.8, 4) is 5.75 Å². The molecule has 0 amide bonds. The Kier molecular flexibility index (Phi) is 5.85. The molecule has 0 aromatic heterocycles. The van der Waals surface area contributed by atoms with Crippen LogP contribution in [0.5, 0.6) is 5.75 Å². The Morgan fingerprint density at radius 3 is 2.65 bits per heavy atom. The molecule has 0 saturated heterocycles. The van der Waals surface area contributed by atoms with Crippen molar-refractivity contribution >= 4 is 27.8 Å². The SMILES string of the molecule is COc1ccc(S(=O)(=O)NCC(C)SC)cc1C(=O)O. The number of rotatable bonds is 7. The fourth-order valence-corrected chi connectivity index (χ4v) is 2.93. The molecule has 0 aliphatic rings. The lowest BCUT2D eigenvalue weighted by molar-refractivity contribution is 0.0693. The zero-order chi connectivity index (χ0) is 15.3. The van der Waals surface area contributed by atoms with Gasteiger partial charge in [0.15, 0.2) is 0 Å². The number of aromatic carboxylic acids is 1. The standard InChI is InChI=1S/C12H17NO5S2/c1-8(19-3)7-13-20(16,17)9-4-5-11(18-2)10(6-9)12(14)15/h4-6,8,13H,7H2,1-3H3,(H,14,15). The number of methoxy groups -OCH3 is 1. The number of hydrogen-bond donors (Lipinski definition) is 2. The number of nitrogens with one attached hydrogen (secondary N) is 1. The Morgan fingerprint density at radius 1 is 1.50 bits per heavy atom. The summed E-state index contributed by atoms with van der Waals surface area (Å²) in [5.41, 5.74) is -0.187. The number of carboxylic acids is 1. The van der Waals surface area contributed by atoms with Gasteiger partial charge in [-0.15, -0.1) is 0 Å². The normalized spacial score (nSPS) is 12.9. The van der Waals surface area contributed by atoms with E-state index < -0.39 is 16.0 Å². The number of hydrogen-bond acceptors (Lipinski definition) is 5. The molecule has 1 unspecified atom stereocenters. The Labute approximate surface area is 122 Å². The molecular formula is C12H17NO5S2. The van der Waals surface area contributed by atoms with Crippen LogP contribution < -0.4 is 9.46 Å². The average molecular weight is 319 g/mol. The molecule has 1 aromatic carbocycles. The van der Waals surface area contributed by atoms with Gasteiger partial charge in [-0.25, -0.2) is 17.9 Å². The second kappa shape index (κ2) is 6.96. The maximum atomic E-state index is 12.1. The van der Waals surface area contributed by atoms with Gasteiger partial charge in [-0.1, -0.05) is 6.92 Å². The van der Waals surface area contributed by atoms with Gasteiger partial charge in [0.1, 0.15) is 11.3 Å². The molecule has 0 aliphatic heterocycles. The Morgan fingerprint density at radius 2 is 2.15 bits per heavy atom. The van der Waals surface area contributed by atoms with E-state index in [-0.39, 0.29) is 28.0 Å². The third-order valence-electron chi connectivity index (χ3n) is 2.67. The topological polar surface area (TPSA) is 92.7 Å². The van der Waals surface area contributed by atoms with E-state index in [1.54, 1.807) is 0 Å². The number of benzene rings is 1. The van der Waals surface area contributed by atoms with Crippen molar-refractivity contribution in [1.82, 2.24) is 4.72 Å². The van der Waals surface area contributed by atoms with Crippen LogP contribution in [0.15, 0.2) is 23.1 Å². The summed E-state index contributed by atoms with van der Waals surface area (Å²) in [6, 6.07) is 3.74. The molecule has 8 heteroatoms. The van der Waals surface area contributed by atoms with Crippen LogP contribution in [0.3, 0.4) is 0 Å². The largest absolute Gasteiger partial charge is 0.496 e. The van der Waals surface area contributed by atoms with Crippen molar-refractivity contribution in [3.05, 3.63) is 23.8 Å². The van der Waals surface area contributed by atoms with Crippen LogP contribution in [0.25, 0.3) is 0 Å². The van der Waals surface area contributed by atoms with Crippen LogP contribution >= 0.6 is 11.8 Å². The number of thioether (sulfide) groups is 1. The molecule has 0 heterocycles. The van der Waals surface area contributed by atoms with Crippen molar-refractivity contribution < 1.29 is 23.1 Å². The second-order valence-electron chi connectivity index (χ2n) is 4.07. The summed E-state index contributed by atoms with van der Waals surface area (Å²) in [5.74, 6) is -1.12. The van der Waals surface area contributed by atoms with Crippen LogP contribution in [-0.2, 0) is 10.0 Å². The minimum atomic E-state index is -3.73. The van der Waals surface area contributed by atoms with Gasteiger partial charge in [-0.05, 0) is 24.5 Å². The average Bonchev–Trinajstić information content (AvgIpc) is 2.43. The van der Waals surface area contributed by atoms with Crippen LogP contribution in [0, 0.1) is 0 Å². The van der Waals surface area contributed by atoms with Crippen molar-refractivity contribution in [2.45, 2.75) is 17.1 Å². The lowest BCUT2D eigenvalue weighted by atomic mass is 10.2. The minimum absolute atomic E-state index is 0.0935. The predicted octanol–water partition coefficient (Wildman–Crippen LogP) is 1.42. The number of carbonyl (C=O) groups is 1. The zero-order valence-electron chi connectivity index (χ0n) is 11.4. The number of ether oxygens (including phenoxy) is 1. The summed E-state index contributed by atoms with van der Waals surface area (Å²) >= 11 is 1.53. The number of sulfonamides is 1. The lowest BCUT2D eigenvalue weighted by Gasteiger charge is -2.12. The first-order valence-corrected chi connectivity index (χ1v) is 8.52. The molecule has 0 bridgehead atoms. The first kappa shape index (κ1) is 16.8. The third-order valence-corrected chi connectivity index (χ3v) is 5.07. The summed E-state index contributed by atoms with van der Waals surface area (Å²) in [7, 11) is -2.40. The molecule has 0 spiro atoms. The molecule has 0 saturated carbocycles. The Balaban J connectivity index is 3.07. The van der Waals surface area contributed by atoms with Crippen molar-refractivity contribution in [2.75, 3.05) is 19.9 Å². The van der Waals surface area contributed by atoms with Gasteiger partial charge in [0, 0.05) is 11.8 Å². The fraction of sp³-hybridized carbons (Fsp3) is 0.417. The van der Waals surface area contributed by atoms with Crippen LogP contribution in [-0.4, -0.2) is 44.7 Å². The number of carboxylic acid groups (broad SMARTS) is 1. The minimum Gasteiger partial charge on any atom is -0.496 e. The molecule has 6 nitrogen and oxygen atoms in total. The second-order valence-corrected chi connectivity index (χ2v) is 7.11. The van der Waals surface area contributed by atoms with E-state index in [0.29, 0.717) is 0 Å². The molecule has 112 valence electrons. The van der Waals surface area contributed by atoms with E-state index in [1.807, 2.05) is 13.2 Å². The molecule has 0 aliphatic carbocycles. The maximum Gasteiger partial charge on any atom is 0.339 e. The van der Waals surface area contributed by atoms with E-state index in [1.165, 1.54) is 31.0 Å². The van der Waals surface area contributed by atoms with Crippen LogP contribution in [0.4, 0.5) is 0 Å². The van der Waals surface area contributed by atoms with Gasteiger partial charge in [-0.2, -0.15) is 11.8 Å². The van der Waals surface area contributed by atoms with E-state index in [4.69, 9.17) is 9.84 Å². The van der Waals surface area contributed by atoms with E-state index in [0.717, 1.165) is 6.07 Å². The monoisotopic (exact) mass is 319 g/mol. The Bertz CT molecular complexity index is 586. The van der Waals surface area contributed by atoms with Gasteiger partial charge in [0.2, 0.25) is 10.0 Å². The predicted molar refractivity (Wildman–Crippen MR) is 78.1 cm³/mol. The molecular weight excluding hydrogens is 302 g/mol. The molecule has 0 fully saturated rings. The fourth-order valence-electron chi connectivity index (χ4n) is 1.42. The van der Waals surface area contributed by atoms with Crippen molar-refractivity contribution in [1.29, 1.82) is 0 Å². The molecule has 0 radical (unpaired) electrons. The van der Waals surface area contributed by atoms with Gasteiger partial charge in [-0.3, -0.25) is 0 Å². The highest BCUT2D eigenvalue weighted by Gasteiger charge is 2.19. The highest BCUT2D eigenvalue weighted by molar-refractivity contribution is 7.99. The molecule has 2 N–H and O–H groups in total. The first-order valence-electron chi connectivity index (χ1n) is 5.75. The highest BCUT2D eigenvalue weighted by atomic mass is 32.2. The quantitative estimate of drug-likeness (QED) is 0.789. The van der Waals surface area contributed by atoms with Crippen LogP contribution in [0.1, 0.15) is 17.3 Å². The lowest BCUT2D eigenvalue weighted by Crippen LogP contribution is -2.29. The molecule has 1 atom stereocenters. The highest BCUT2D eigenvalue weighted by Crippen LogP contribution is 2.22. The summed E-state index contributed by atoms with van der Waals surface area (Å²) in [6.45, 7) is 2.17. The smallest absolute Gasteiger partial charge is 0.339 e. The summed E-state index contributed by atoms with van der Waals surface area (Å²) in [6.07, 6.45) is 1.88. The third kappa shape index (κ3) is 4.12. The molecule has 1 aromatic rings. The van der Waals surface area contributed by atoms with Crippen molar-refractivity contribution in [3.63, 3.8) is 0 Å². The summed E-state index contributed by atoms with van der Waals surface area (Å²) in [5, 5.41) is 9.17. The van der Waals surface area contributed by atoms with Gasteiger partial charge in [0.25, 0.3) is 0 Å². The van der Waals surface area contributed by atoms with Gasteiger partial charge in [0.05, 0.1) is 12.0 Å². The first-order chi connectivity index (χ1) is 9.31. The molecule has 20 heavy (non-hydrogen) atoms. The summed E-state index contributed by atoms with van der Waals surface area (Å²) in [4.78, 5) is 11.0. The molecule has 1 rings (SSSR count). The van der Waals surface area contributed by atoms with E-state index in [2.05, 4.69) is 4.72 Å². The van der Waals surface area contributed by atoms with Crippen molar-refractivity contribution in [2.24, 2.45) is 0 Å². The van der Waals surface area contributed by atoms with E-state index in [9.17, 15) is 13.2 Å². The maximum absolute atomic E-state index is 12.1.